The van der Waals surface area contributed by atoms with E-state index >= 15 is 0 Å². The number of ketones is 1. The van der Waals surface area contributed by atoms with E-state index in [0.717, 1.165) is 68.2 Å². The molecule has 2 aromatic rings. The molecule has 0 spiro atoms. The Morgan fingerprint density at radius 3 is 2.32 bits per heavy atom. The van der Waals surface area contributed by atoms with Gasteiger partial charge in [-0.25, -0.2) is 0 Å². The number of anilines is 1. The summed E-state index contributed by atoms with van der Waals surface area (Å²) in [6.07, 6.45) is 7.21. The number of benzene rings is 2. The van der Waals surface area contributed by atoms with Crippen LogP contribution in [0, 0.1) is 17.8 Å². The molecule has 2 aromatic carbocycles. The van der Waals surface area contributed by atoms with Crippen LogP contribution in [-0.4, -0.2) is 25.1 Å². The topological polar surface area (TPSA) is 46.3 Å². The fraction of sp³-hybridized carbons (Fsp3) is 0.500. The van der Waals surface area contributed by atoms with Gasteiger partial charge in [-0.1, -0.05) is 76.5 Å². The monoisotopic (exact) mass is 510 g/mol. The SMILES string of the molecule is CCC1=C(C)N(C2=C(C(=O)C(C)CC)CC(C(C)Cc3cccc(N)c3)C2)CC1.[B]c1ccc(CC)cc1. The Kier molecular flexibility index (Phi) is 10.9. The van der Waals surface area contributed by atoms with Crippen LogP contribution in [0.4, 0.5) is 5.69 Å². The Morgan fingerprint density at radius 1 is 1.03 bits per heavy atom. The van der Waals surface area contributed by atoms with Gasteiger partial charge in [0.05, 0.1) is 0 Å². The number of Topliss-reactive ketones (excluding diaryl/α,β-unsaturated/α-hetero) is 1. The van der Waals surface area contributed by atoms with E-state index in [-0.39, 0.29) is 5.92 Å². The number of hydrogen-bond donors (Lipinski definition) is 1. The summed E-state index contributed by atoms with van der Waals surface area (Å²) in [5, 5.41) is 0. The van der Waals surface area contributed by atoms with Gasteiger partial charge in [0.25, 0.3) is 0 Å². The molecule has 202 valence electrons. The van der Waals surface area contributed by atoms with E-state index in [1.807, 2.05) is 24.3 Å². The van der Waals surface area contributed by atoms with E-state index in [1.165, 1.54) is 22.5 Å². The van der Waals surface area contributed by atoms with Crippen molar-refractivity contribution in [2.75, 3.05) is 12.3 Å². The molecule has 1 heterocycles. The lowest BCUT2D eigenvalue weighted by Gasteiger charge is -2.25. The van der Waals surface area contributed by atoms with Gasteiger partial charge >= 0.3 is 0 Å². The Hall–Kier alpha value is -2.75. The van der Waals surface area contributed by atoms with Crippen molar-refractivity contribution in [1.82, 2.24) is 4.90 Å². The first kappa shape index (κ1) is 29.8. The number of nitrogen functional groups attached to an aromatic ring is 1. The molecule has 2 radical (unpaired) electrons. The summed E-state index contributed by atoms with van der Waals surface area (Å²) < 4.78 is 0. The molecule has 38 heavy (non-hydrogen) atoms. The molecule has 3 unspecified atom stereocenters. The van der Waals surface area contributed by atoms with Crippen molar-refractivity contribution < 1.29 is 4.79 Å². The summed E-state index contributed by atoms with van der Waals surface area (Å²) in [7, 11) is 5.48. The van der Waals surface area contributed by atoms with Crippen molar-refractivity contribution in [3.63, 3.8) is 0 Å². The predicted octanol–water partition coefficient (Wildman–Crippen LogP) is 7.16. The van der Waals surface area contributed by atoms with E-state index in [2.05, 4.69) is 70.7 Å². The number of aryl methyl sites for hydroxylation is 1. The molecule has 1 aliphatic carbocycles. The second-order valence-corrected chi connectivity index (χ2v) is 11.2. The molecule has 0 aromatic heterocycles. The van der Waals surface area contributed by atoms with Crippen LogP contribution < -0.4 is 11.2 Å². The van der Waals surface area contributed by atoms with Gasteiger partial charge in [-0.2, -0.15) is 0 Å². The number of allylic oxidation sites excluding steroid dienone is 3. The van der Waals surface area contributed by atoms with Gasteiger partial charge < -0.3 is 10.6 Å². The Labute approximate surface area is 233 Å². The zero-order valence-electron chi connectivity index (χ0n) is 24.5. The molecule has 4 rings (SSSR count). The Morgan fingerprint density at radius 2 is 1.74 bits per heavy atom. The summed E-state index contributed by atoms with van der Waals surface area (Å²) in [6, 6.07) is 16.2. The van der Waals surface area contributed by atoms with Crippen LogP contribution in [0.2, 0.25) is 0 Å². The molecule has 2 aliphatic rings. The van der Waals surface area contributed by atoms with Gasteiger partial charge in [0.15, 0.2) is 5.78 Å². The second kappa shape index (κ2) is 13.9. The quantitative estimate of drug-likeness (QED) is 0.288. The molecule has 2 N–H and O–H groups in total. The Bertz CT molecular complexity index is 1150. The van der Waals surface area contributed by atoms with Crippen molar-refractivity contribution in [2.45, 2.75) is 86.5 Å². The van der Waals surface area contributed by atoms with E-state index < -0.39 is 0 Å². The van der Waals surface area contributed by atoms with Crippen molar-refractivity contribution in [3.05, 3.63) is 82.2 Å². The molecule has 0 saturated heterocycles. The average molecular weight is 511 g/mol. The average Bonchev–Trinajstić information content (AvgIpc) is 3.52. The first-order chi connectivity index (χ1) is 18.2. The van der Waals surface area contributed by atoms with E-state index in [0.29, 0.717) is 17.6 Å². The largest absolute Gasteiger partial charge is 0.399 e. The van der Waals surface area contributed by atoms with Crippen LogP contribution in [0.3, 0.4) is 0 Å². The fourth-order valence-electron chi connectivity index (χ4n) is 5.79. The maximum absolute atomic E-state index is 13.3. The minimum Gasteiger partial charge on any atom is -0.399 e. The molecule has 3 nitrogen and oxygen atoms in total. The first-order valence-electron chi connectivity index (χ1n) is 14.6. The summed E-state index contributed by atoms with van der Waals surface area (Å²) in [5.74, 6) is 1.53. The number of nitrogens with zero attached hydrogens (tertiary/aromatic N) is 1. The number of rotatable bonds is 9. The van der Waals surface area contributed by atoms with Gasteiger partial charge in [0.2, 0.25) is 0 Å². The Balaban J connectivity index is 0.000000375. The van der Waals surface area contributed by atoms with Crippen LogP contribution in [0.5, 0.6) is 0 Å². The fourth-order valence-corrected chi connectivity index (χ4v) is 5.79. The highest BCUT2D eigenvalue weighted by molar-refractivity contribution is 6.32. The molecule has 4 heteroatoms. The molecule has 1 aliphatic heterocycles. The minimum absolute atomic E-state index is 0.112. The highest BCUT2D eigenvalue weighted by Gasteiger charge is 2.36. The van der Waals surface area contributed by atoms with E-state index in [9.17, 15) is 4.79 Å². The predicted molar refractivity (Wildman–Crippen MR) is 163 cm³/mol. The van der Waals surface area contributed by atoms with Crippen LogP contribution in [0.25, 0.3) is 0 Å². The molecule has 3 atom stereocenters. The first-order valence-corrected chi connectivity index (χ1v) is 14.6. The van der Waals surface area contributed by atoms with Crippen molar-refractivity contribution in [2.24, 2.45) is 17.8 Å². The minimum atomic E-state index is 0.112. The lowest BCUT2D eigenvalue weighted by atomic mass is 9.85. The highest BCUT2D eigenvalue weighted by Crippen LogP contribution is 2.43. The third kappa shape index (κ3) is 7.43. The smallest absolute Gasteiger partial charge is 0.163 e. The molecule has 0 saturated carbocycles. The molecule has 0 fully saturated rings. The third-order valence-corrected chi connectivity index (χ3v) is 8.64. The van der Waals surface area contributed by atoms with Crippen molar-refractivity contribution in [3.8, 4) is 0 Å². The summed E-state index contributed by atoms with van der Waals surface area (Å²) >= 11 is 0. The van der Waals surface area contributed by atoms with Crippen molar-refractivity contribution >= 4 is 24.8 Å². The molecular weight excluding hydrogens is 463 g/mol. The number of nitrogens with two attached hydrogens (primary N) is 1. The van der Waals surface area contributed by atoms with E-state index in [4.69, 9.17) is 13.6 Å². The maximum atomic E-state index is 13.3. The van der Waals surface area contributed by atoms with Crippen LogP contribution in [0.1, 0.15) is 84.8 Å². The van der Waals surface area contributed by atoms with Crippen molar-refractivity contribution in [1.29, 1.82) is 0 Å². The molecule has 0 bridgehead atoms. The molecular formula is C34H47BN2O. The zero-order chi connectivity index (χ0) is 27.8. The number of carbonyl (C=O) groups is 1. The van der Waals surface area contributed by atoms with Gasteiger partial charge in [-0.05, 0) is 92.5 Å². The lowest BCUT2D eigenvalue weighted by molar-refractivity contribution is -0.119. The summed E-state index contributed by atoms with van der Waals surface area (Å²) in [6.45, 7) is 14.2. The van der Waals surface area contributed by atoms with E-state index in [1.54, 1.807) is 5.57 Å². The summed E-state index contributed by atoms with van der Waals surface area (Å²) in [5.41, 5.74) is 15.7. The highest BCUT2D eigenvalue weighted by atomic mass is 16.1. The van der Waals surface area contributed by atoms with Gasteiger partial charge in [0.1, 0.15) is 7.85 Å². The maximum Gasteiger partial charge on any atom is 0.163 e. The van der Waals surface area contributed by atoms with Crippen LogP contribution >= 0.6 is 0 Å². The second-order valence-electron chi connectivity index (χ2n) is 11.2. The molecule has 0 amide bonds. The standard InChI is InChI=1S/C26H38N2O.C8H9B/c1-6-17(3)26(29)24-15-22(18(4)13-20-9-8-10-23(27)14-20)16-25(24)28-12-11-21(7-2)19(28)5;1-2-7-3-5-8(9)6-4-7/h8-10,14,17-18,22H,6-7,11-13,15-16,27H2,1-5H3;3-6H,2H2,1H3. The van der Waals surface area contributed by atoms with Gasteiger partial charge in [-0.3, -0.25) is 4.79 Å². The van der Waals surface area contributed by atoms with Gasteiger partial charge in [0, 0.05) is 35.1 Å². The number of hydrogen-bond acceptors (Lipinski definition) is 3. The third-order valence-electron chi connectivity index (χ3n) is 8.64. The van der Waals surface area contributed by atoms with Gasteiger partial charge in [-0.15, -0.1) is 0 Å². The lowest BCUT2D eigenvalue weighted by Crippen LogP contribution is -2.21. The normalized spacial score (nSPS) is 18.9. The van der Waals surface area contributed by atoms with Crippen LogP contribution in [-0.2, 0) is 17.6 Å². The number of carbonyl (C=O) groups excluding carboxylic acids is 1. The summed E-state index contributed by atoms with van der Waals surface area (Å²) in [4.78, 5) is 15.7. The van der Waals surface area contributed by atoms with Crippen LogP contribution in [0.15, 0.2) is 71.1 Å². The zero-order valence-corrected chi connectivity index (χ0v) is 24.5.